The number of urea groups is 1. The number of hydrogen-bond acceptors (Lipinski definition) is 2. The molecule has 26 heavy (non-hydrogen) atoms. The molecule has 1 aromatic rings. The van der Waals surface area contributed by atoms with Crippen LogP contribution in [0.2, 0.25) is 0 Å². The molecule has 1 atom stereocenters. The van der Waals surface area contributed by atoms with Gasteiger partial charge in [0.1, 0.15) is 11.6 Å². The van der Waals surface area contributed by atoms with Crippen LogP contribution in [0.4, 0.5) is 22.4 Å². The Labute approximate surface area is 149 Å². The van der Waals surface area contributed by atoms with E-state index >= 15 is 0 Å². The number of amides is 2. The largest absolute Gasteiger partial charge is 0.484 e. The van der Waals surface area contributed by atoms with E-state index in [1.807, 2.05) is 0 Å². The van der Waals surface area contributed by atoms with Crippen molar-refractivity contribution in [2.75, 3.05) is 6.61 Å². The molecule has 0 aromatic heterocycles. The molecule has 8 heteroatoms. The van der Waals surface area contributed by atoms with Gasteiger partial charge >= 0.3 is 12.2 Å². The van der Waals surface area contributed by atoms with Gasteiger partial charge < -0.3 is 15.4 Å². The fourth-order valence-electron chi connectivity index (χ4n) is 3.78. The van der Waals surface area contributed by atoms with Crippen LogP contribution in [0, 0.1) is 11.2 Å². The van der Waals surface area contributed by atoms with Gasteiger partial charge in [0.05, 0.1) is 6.04 Å². The third-order valence-corrected chi connectivity index (χ3v) is 5.29. The third-order valence-electron chi connectivity index (χ3n) is 5.29. The summed E-state index contributed by atoms with van der Waals surface area (Å²) in [5.41, 5.74) is 0.503. The van der Waals surface area contributed by atoms with Crippen molar-refractivity contribution in [2.45, 2.75) is 57.3 Å². The molecule has 0 saturated heterocycles. The van der Waals surface area contributed by atoms with Crippen molar-refractivity contribution < 1.29 is 27.1 Å². The summed E-state index contributed by atoms with van der Waals surface area (Å²) in [4.78, 5) is 12.1. The maximum absolute atomic E-state index is 14.0. The van der Waals surface area contributed by atoms with Crippen LogP contribution in [-0.2, 0) is 0 Å². The van der Waals surface area contributed by atoms with Gasteiger partial charge in [0.2, 0.25) is 0 Å². The van der Waals surface area contributed by atoms with E-state index in [1.165, 1.54) is 25.3 Å². The van der Waals surface area contributed by atoms with E-state index in [0.717, 1.165) is 25.0 Å². The van der Waals surface area contributed by atoms with Gasteiger partial charge in [0.15, 0.2) is 6.61 Å². The first-order valence-corrected chi connectivity index (χ1v) is 8.72. The number of alkyl halides is 3. The molecule has 0 heterocycles. The van der Waals surface area contributed by atoms with Crippen LogP contribution < -0.4 is 15.4 Å². The van der Waals surface area contributed by atoms with Gasteiger partial charge in [0, 0.05) is 11.6 Å². The van der Waals surface area contributed by atoms with Crippen LogP contribution in [0.5, 0.6) is 5.75 Å². The minimum atomic E-state index is -4.47. The van der Waals surface area contributed by atoms with E-state index in [4.69, 9.17) is 0 Å². The summed E-state index contributed by atoms with van der Waals surface area (Å²) in [5, 5.41) is 5.50. The summed E-state index contributed by atoms with van der Waals surface area (Å²) in [6.07, 6.45) is 1.17. The molecule has 144 valence electrons. The first-order valence-electron chi connectivity index (χ1n) is 8.72. The van der Waals surface area contributed by atoms with Crippen molar-refractivity contribution in [3.8, 4) is 5.75 Å². The lowest BCUT2D eigenvalue weighted by molar-refractivity contribution is -0.153. The summed E-state index contributed by atoms with van der Waals surface area (Å²) >= 11 is 0. The fraction of sp³-hybridized carbons (Fsp3) is 0.611. The van der Waals surface area contributed by atoms with Gasteiger partial charge in [-0.25, -0.2) is 9.18 Å². The Morgan fingerprint density at radius 2 is 2.04 bits per heavy atom. The lowest BCUT2D eigenvalue weighted by Gasteiger charge is -2.54. The number of rotatable bonds is 5. The molecule has 0 bridgehead atoms. The molecule has 2 amide bonds. The van der Waals surface area contributed by atoms with E-state index in [-0.39, 0.29) is 17.4 Å². The van der Waals surface area contributed by atoms with Crippen molar-refractivity contribution >= 4 is 6.03 Å². The Morgan fingerprint density at radius 3 is 2.62 bits per heavy atom. The summed E-state index contributed by atoms with van der Waals surface area (Å²) < 4.78 is 55.3. The summed E-state index contributed by atoms with van der Waals surface area (Å²) in [5.74, 6) is -0.715. The Hall–Kier alpha value is -1.99. The zero-order valence-electron chi connectivity index (χ0n) is 14.5. The molecule has 2 N–H and O–H groups in total. The minimum Gasteiger partial charge on any atom is -0.484 e. The third kappa shape index (κ3) is 4.40. The molecule has 2 aliphatic rings. The highest BCUT2D eigenvalue weighted by Crippen LogP contribution is 2.55. The van der Waals surface area contributed by atoms with Gasteiger partial charge in [-0.3, -0.25) is 0 Å². The average molecular weight is 374 g/mol. The molecule has 1 aromatic carbocycles. The number of ether oxygens (including phenoxy) is 1. The highest BCUT2D eigenvalue weighted by Gasteiger charge is 2.48. The predicted octanol–water partition coefficient (Wildman–Crippen LogP) is 4.46. The molecule has 1 unspecified atom stereocenters. The normalized spacial score (nSPS) is 20.0. The van der Waals surface area contributed by atoms with E-state index in [0.29, 0.717) is 5.41 Å². The van der Waals surface area contributed by atoms with Gasteiger partial charge in [-0.15, -0.1) is 0 Å². The van der Waals surface area contributed by atoms with Crippen LogP contribution in [0.25, 0.3) is 0 Å². The molecule has 2 fully saturated rings. The number of hydrogen-bond donors (Lipinski definition) is 2. The minimum absolute atomic E-state index is 0.0731. The number of halogens is 4. The van der Waals surface area contributed by atoms with E-state index in [9.17, 15) is 22.4 Å². The van der Waals surface area contributed by atoms with Crippen LogP contribution in [-0.4, -0.2) is 24.9 Å². The number of nitrogens with one attached hydrogen (secondary N) is 2. The molecule has 4 nitrogen and oxygen atoms in total. The molecule has 2 aliphatic carbocycles. The number of carbonyl (C=O) groups excluding carboxylic acids is 1. The quantitative estimate of drug-likeness (QED) is 0.748. The number of carbonyl (C=O) groups is 1. The standard InChI is InChI=1S/C18H22F4N2O2/c1-11(23-16(25)24-12-8-17(9-12)5-2-6-17)14-7-13(3-4-15(14)19)26-10-18(20,21)22/h3-4,7,11-12H,2,5-6,8-10H2,1H3,(H2,23,24,25). The first-order chi connectivity index (χ1) is 12.2. The zero-order chi connectivity index (χ0) is 18.9. The molecule has 2 saturated carbocycles. The maximum atomic E-state index is 14.0. The highest BCUT2D eigenvalue weighted by molar-refractivity contribution is 5.75. The second-order valence-electron chi connectivity index (χ2n) is 7.39. The molecule has 0 radical (unpaired) electrons. The lowest BCUT2D eigenvalue weighted by Crippen LogP contribution is -2.55. The fourth-order valence-corrected chi connectivity index (χ4v) is 3.78. The van der Waals surface area contributed by atoms with Gasteiger partial charge in [-0.1, -0.05) is 6.42 Å². The lowest BCUT2D eigenvalue weighted by atomic mass is 9.54. The zero-order valence-corrected chi connectivity index (χ0v) is 14.5. The smallest absolute Gasteiger partial charge is 0.422 e. The van der Waals surface area contributed by atoms with Crippen molar-refractivity contribution in [3.63, 3.8) is 0 Å². The molecule has 1 spiro atoms. The molecular formula is C18H22F4N2O2. The maximum Gasteiger partial charge on any atom is 0.422 e. The Bertz CT molecular complexity index is 666. The Balaban J connectivity index is 1.53. The number of benzene rings is 1. The van der Waals surface area contributed by atoms with E-state index in [1.54, 1.807) is 6.92 Å². The molecule has 3 rings (SSSR count). The van der Waals surface area contributed by atoms with E-state index < -0.39 is 30.7 Å². The van der Waals surface area contributed by atoms with Gasteiger partial charge in [0.25, 0.3) is 0 Å². The Kier molecular flexibility index (Phi) is 5.03. The second kappa shape index (κ2) is 6.96. The van der Waals surface area contributed by atoms with Crippen molar-refractivity contribution in [1.29, 1.82) is 0 Å². The Morgan fingerprint density at radius 1 is 1.35 bits per heavy atom. The SMILES string of the molecule is CC(NC(=O)NC1CC2(CCC2)C1)c1cc(OCC(F)(F)F)ccc1F. The van der Waals surface area contributed by atoms with Crippen LogP contribution >= 0.6 is 0 Å². The predicted molar refractivity (Wildman–Crippen MR) is 87.3 cm³/mol. The highest BCUT2D eigenvalue weighted by atomic mass is 19.4. The summed E-state index contributed by atoms with van der Waals surface area (Å²) in [7, 11) is 0. The van der Waals surface area contributed by atoms with Crippen molar-refractivity contribution in [1.82, 2.24) is 10.6 Å². The monoisotopic (exact) mass is 374 g/mol. The summed E-state index contributed by atoms with van der Waals surface area (Å²) in [6, 6.07) is 2.36. The molecule has 0 aliphatic heterocycles. The van der Waals surface area contributed by atoms with Crippen LogP contribution in [0.1, 0.15) is 50.6 Å². The van der Waals surface area contributed by atoms with Crippen molar-refractivity contribution in [3.05, 3.63) is 29.6 Å². The second-order valence-corrected chi connectivity index (χ2v) is 7.39. The van der Waals surface area contributed by atoms with Gasteiger partial charge in [-0.2, -0.15) is 13.2 Å². The molecular weight excluding hydrogens is 352 g/mol. The van der Waals surface area contributed by atoms with Gasteiger partial charge in [-0.05, 0) is 56.2 Å². The topological polar surface area (TPSA) is 50.4 Å². The van der Waals surface area contributed by atoms with Crippen LogP contribution in [0.3, 0.4) is 0 Å². The first kappa shape index (κ1) is 18.8. The average Bonchev–Trinajstić information content (AvgIpc) is 2.46. The summed E-state index contributed by atoms with van der Waals surface area (Å²) in [6.45, 7) is 0.115. The van der Waals surface area contributed by atoms with Crippen LogP contribution in [0.15, 0.2) is 18.2 Å². The van der Waals surface area contributed by atoms with E-state index in [2.05, 4.69) is 15.4 Å². The van der Waals surface area contributed by atoms with Crippen molar-refractivity contribution in [2.24, 2.45) is 5.41 Å².